The van der Waals surface area contributed by atoms with Crippen LogP contribution >= 0.6 is 0 Å². The largest absolute Gasteiger partial charge is 0.373 e. The van der Waals surface area contributed by atoms with Crippen LogP contribution in [0.15, 0.2) is 29.1 Å². The van der Waals surface area contributed by atoms with E-state index in [-0.39, 0.29) is 11.2 Å². The number of benzene rings is 1. The molecular formula is C19H25N3O2. The molecule has 0 radical (unpaired) electrons. The van der Waals surface area contributed by atoms with Crippen molar-refractivity contribution >= 4 is 10.9 Å². The van der Waals surface area contributed by atoms with Gasteiger partial charge in [0.15, 0.2) is 0 Å². The SMILES string of the molecule is O=c1[nH]c(CCNC2CCOC23CCCCC3)nc2ccccc12. The third-order valence-electron chi connectivity index (χ3n) is 5.55. The zero-order chi connectivity index (χ0) is 16.4. The molecule has 1 aromatic carbocycles. The first-order valence-corrected chi connectivity index (χ1v) is 9.12. The predicted molar refractivity (Wildman–Crippen MR) is 94.2 cm³/mol. The van der Waals surface area contributed by atoms with Crippen molar-refractivity contribution in [2.24, 2.45) is 0 Å². The quantitative estimate of drug-likeness (QED) is 0.906. The van der Waals surface area contributed by atoms with Crippen molar-refractivity contribution in [3.63, 3.8) is 0 Å². The summed E-state index contributed by atoms with van der Waals surface area (Å²) in [4.78, 5) is 19.6. The van der Waals surface area contributed by atoms with Gasteiger partial charge in [-0.05, 0) is 31.4 Å². The molecule has 24 heavy (non-hydrogen) atoms. The van der Waals surface area contributed by atoms with Gasteiger partial charge >= 0.3 is 0 Å². The molecule has 1 saturated carbocycles. The Bertz CT molecular complexity index is 765. The van der Waals surface area contributed by atoms with Crippen molar-refractivity contribution in [2.45, 2.75) is 56.6 Å². The van der Waals surface area contributed by atoms with Crippen molar-refractivity contribution in [2.75, 3.05) is 13.2 Å². The second-order valence-corrected chi connectivity index (χ2v) is 7.05. The molecule has 1 aliphatic carbocycles. The van der Waals surface area contributed by atoms with Crippen LogP contribution in [0, 0.1) is 0 Å². The number of fused-ring (bicyclic) bond motifs is 1. The van der Waals surface area contributed by atoms with Gasteiger partial charge in [-0.1, -0.05) is 31.4 Å². The number of H-pyrrole nitrogens is 1. The van der Waals surface area contributed by atoms with E-state index in [0.29, 0.717) is 11.4 Å². The second kappa shape index (κ2) is 6.65. The Labute approximate surface area is 141 Å². The van der Waals surface area contributed by atoms with Crippen LogP contribution in [0.25, 0.3) is 10.9 Å². The molecule has 1 aromatic heterocycles. The minimum Gasteiger partial charge on any atom is -0.373 e. The predicted octanol–water partition coefficient (Wildman–Crippen LogP) is 2.55. The van der Waals surface area contributed by atoms with Crippen LogP contribution in [-0.4, -0.2) is 34.8 Å². The second-order valence-electron chi connectivity index (χ2n) is 7.05. The molecule has 5 nitrogen and oxygen atoms in total. The lowest BCUT2D eigenvalue weighted by molar-refractivity contribution is -0.0385. The Morgan fingerprint density at radius 2 is 2.08 bits per heavy atom. The first-order valence-electron chi connectivity index (χ1n) is 9.12. The van der Waals surface area contributed by atoms with Crippen molar-refractivity contribution in [1.29, 1.82) is 0 Å². The van der Waals surface area contributed by atoms with Gasteiger partial charge in [-0.25, -0.2) is 4.98 Å². The van der Waals surface area contributed by atoms with E-state index in [1.807, 2.05) is 24.3 Å². The Kier molecular flexibility index (Phi) is 4.37. The lowest BCUT2D eigenvalue weighted by Gasteiger charge is -2.38. The molecular weight excluding hydrogens is 302 g/mol. The van der Waals surface area contributed by atoms with Crippen LogP contribution in [0.4, 0.5) is 0 Å². The van der Waals surface area contributed by atoms with Gasteiger partial charge in [0.1, 0.15) is 5.82 Å². The number of aromatic nitrogens is 2. The molecule has 2 heterocycles. The number of nitrogens with one attached hydrogen (secondary N) is 2. The number of hydrogen-bond acceptors (Lipinski definition) is 4. The number of aromatic amines is 1. The zero-order valence-corrected chi connectivity index (χ0v) is 14.0. The molecule has 2 N–H and O–H groups in total. The summed E-state index contributed by atoms with van der Waals surface area (Å²) in [6, 6.07) is 7.92. The Morgan fingerprint density at radius 1 is 1.25 bits per heavy atom. The maximum absolute atomic E-state index is 12.1. The maximum Gasteiger partial charge on any atom is 0.258 e. The highest BCUT2D eigenvalue weighted by Gasteiger charge is 2.44. The van der Waals surface area contributed by atoms with E-state index in [9.17, 15) is 4.79 Å². The van der Waals surface area contributed by atoms with Gasteiger partial charge in [-0.15, -0.1) is 0 Å². The average Bonchev–Trinajstić information content (AvgIpc) is 2.98. The monoisotopic (exact) mass is 327 g/mol. The number of rotatable bonds is 4. The molecule has 0 bridgehead atoms. The van der Waals surface area contributed by atoms with Crippen molar-refractivity contribution in [3.05, 3.63) is 40.4 Å². The van der Waals surface area contributed by atoms with E-state index in [4.69, 9.17) is 4.74 Å². The lowest BCUT2D eigenvalue weighted by Crippen LogP contribution is -2.49. The summed E-state index contributed by atoms with van der Waals surface area (Å²) in [5.74, 6) is 0.753. The highest BCUT2D eigenvalue weighted by Crippen LogP contribution is 2.39. The zero-order valence-electron chi connectivity index (χ0n) is 14.0. The highest BCUT2D eigenvalue weighted by atomic mass is 16.5. The van der Waals surface area contributed by atoms with Crippen LogP contribution in [0.2, 0.25) is 0 Å². The maximum atomic E-state index is 12.1. The van der Waals surface area contributed by atoms with Gasteiger partial charge < -0.3 is 15.0 Å². The van der Waals surface area contributed by atoms with Crippen LogP contribution in [0.1, 0.15) is 44.3 Å². The van der Waals surface area contributed by atoms with Crippen LogP contribution < -0.4 is 10.9 Å². The molecule has 0 amide bonds. The van der Waals surface area contributed by atoms with Crippen molar-refractivity contribution < 1.29 is 4.74 Å². The van der Waals surface area contributed by atoms with Gasteiger partial charge in [-0.2, -0.15) is 0 Å². The minimum atomic E-state index is -0.0523. The lowest BCUT2D eigenvalue weighted by atomic mass is 9.79. The fraction of sp³-hybridized carbons (Fsp3) is 0.579. The molecule has 4 rings (SSSR count). The van der Waals surface area contributed by atoms with Gasteiger partial charge in [0.25, 0.3) is 5.56 Å². The van der Waals surface area contributed by atoms with Crippen LogP contribution in [0.3, 0.4) is 0 Å². The molecule has 1 unspecified atom stereocenters. The Balaban J connectivity index is 1.41. The van der Waals surface area contributed by atoms with Crippen molar-refractivity contribution in [1.82, 2.24) is 15.3 Å². The third kappa shape index (κ3) is 2.98. The normalized spacial score (nSPS) is 23.1. The molecule has 2 aliphatic rings. The fourth-order valence-electron chi connectivity index (χ4n) is 4.29. The van der Waals surface area contributed by atoms with E-state index in [1.165, 1.54) is 32.1 Å². The summed E-state index contributed by atoms with van der Waals surface area (Å²) in [7, 11) is 0. The number of nitrogens with zero attached hydrogens (tertiary/aromatic N) is 1. The molecule has 1 saturated heterocycles. The van der Waals surface area contributed by atoms with E-state index in [2.05, 4.69) is 15.3 Å². The topological polar surface area (TPSA) is 67.0 Å². The van der Waals surface area contributed by atoms with Gasteiger partial charge in [-0.3, -0.25) is 4.79 Å². The molecule has 128 valence electrons. The van der Waals surface area contributed by atoms with E-state index >= 15 is 0 Å². The van der Waals surface area contributed by atoms with Crippen LogP contribution in [-0.2, 0) is 11.2 Å². The summed E-state index contributed by atoms with van der Waals surface area (Å²) in [6.45, 7) is 1.68. The number of hydrogen-bond donors (Lipinski definition) is 2. The van der Waals surface area contributed by atoms with E-state index in [0.717, 1.165) is 37.3 Å². The third-order valence-corrected chi connectivity index (χ3v) is 5.55. The van der Waals surface area contributed by atoms with E-state index in [1.54, 1.807) is 0 Å². The molecule has 1 atom stereocenters. The molecule has 1 spiro atoms. The molecule has 5 heteroatoms. The fourth-order valence-corrected chi connectivity index (χ4v) is 4.29. The number of ether oxygens (including phenoxy) is 1. The van der Waals surface area contributed by atoms with Crippen molar-refractivity contribution in [3.8, 4) is 0 Å². The Hall–Kier alpha value is -1.72. The van der Waals surface area contributed by atoms with Gasteiger partial charge in [0, 0.05) is 25.6 Å². The van der Waals surface area contributed by atoms with E-state index < -0.39 is 0 Å². The van der Waals surface area contributed by atoms with Gasteiger partial charge in [0.2, 0.25) is 0 Å². The summed E-state index contributed by atoms with van der Waals surface area (Å²) >= 11 is 0. The highest BCUT2D eigenvalue weighted by molar-refractivity contribution is 5.77. The number of para-hydroxylation sites is 1. The summed E-state index contributed by atoms with van der Waals surface area (Å²) in [5, 5.41) is 4.32. The van der Waals surface area contributed by atoms with Gasteiger partial charge in [0.05, 0.1) is 16.5 Å². The first kappa shape index (κ1) is 15.8. The summed E-state index contributed by atoms with van der Waals surface area (Å²) < 4.78 is 6.14. The average molecular weight is 327 g/mol. The molecule has 2 aromatic rings. The Morgan fingerprint density at radius 3 is 2.96 bits per heavy atom. The first-order chi connectivity index (χ1) is 11.8. The smallest absolute Gasteiger partial charge is 0.258 e. The standard InChI is InChI=1S/C19H25N3O2/c23-18-14-6-2-3-7-15(14)21-17(22-18)8-12-20-16-9-13-24-19(16)10-4-1-5-11-19/h2-3,6-7,16,20H,1,4-5,8-13H2,(H,21,22,23). The minimum absolute atomic E-state index is 0.0523. The summed E-state index contributed by atoms with van der Waals surface area (Å²) in [6.07, 6.45) is 8.05. The van der Waals surface area contributed by atoms with Crippen LogP contribution in [0.5, 0.6) is 0 Å². The summed E-state index contributed by atoms with van der Waals surface area (Å²) in [5.41, 5.74) is 0.774. The molecule has 2 fully saturated rings. The molecule has 1 aliphatic heterocycles.